The predicted octanol–water partition coefficient (Wildman–Crippen LogP) is 2.10. The van der Waals surface area contributed by atoms with Crippen molar-refractivity contribution in [2.24, 2.45) is 5.10 Å². The third kappa shape index (κ3) is 3.60. The molecule has 0 saturated heterocycles. The number of hydrogen-bond donors (Lipinski definition) is 3. The molecule has 0 radical (unpaired) electrons. The Morgan fingerprint density at radius 3 is 2.57 bits per heavy atom. The van der Waals surface area contributed by atoms with E-state index in [1.165, 1.54) is 30.5 Å². The van der Waals surface area contributed by atoms with Crippen LogP contribution in [0.1, 0.15) is 11.3 Å². The Morgan fingerprint density at radius 2 is 2.00 bits per heavy atom. The quantitative estimate of drug-likeness (QED) is 0.346. The number of rotatable bonds is 4. The molecule has 0 saturated carbocycles. The van der Waals surface area contributed by atoms with Crippen LogP contribution in [0.15, 0.2) is 34.2 Å². The highest BCUT2D eigenvalue weighted by Gasteiger charge is 2.03. The Labute approximate surface area is 123 Å². The van der Waals surface area contributed by atoms with Crippen molar-refractivity contribution >= 4 is 29.8 Å². The molecular weight excluding hydrogens is 294 g/mol. The fraction of sp³-hybridized carbons (Fsp3) is 0.0833. The van der Waals surface area contributed by atoms with Crippen molar-refractivity contribution in [2.75, 3.05) is 5.43 Å². The number of nitro benzene ring substituents is 1. The number of nitro groups is 1. The van der Waals surface area contributed by atoms with Gasteiger partial charge in [-0.15, -0.1) is 0 Å². The number of nitrogens with one attached hydrogen (secondary N) is 3. The number of hydrogen-bond acceptors (Lipinski definition) is 6. The number of aromatic amines is 2. The van der Waals surface area contributed by atoms with E-state index >= 15 is 0 Å². The Kier molecular flexibility index (Phi) is 4.24. The summed E-state index contributed by atoms with van der Waals surface area (Å²) in [6.07, 6.45) is 1.35. The molecule has 1 heterocycles. The first-order valence-corrected chi connectivity index (χ1v) is 6.25. The van der Waals surface area contributed by atoms with E-state index in [1.54, 1.807) is 6.92 Å². The molecule has 1 aromatic carbocycles. The second-order valence-electron chi connectivity index (χ2n) is 4.12. The summed E-state index contributed by atoms with van der Waals surface area (Å²) >= 11 is 4.84. The summed E-state index contributed by atoms with van der Waals surface area (Å²) in [6, 6.07) is 5.75. The molecule has 0 fully saturated rings. The number of aryl methyl sites for hydroxylation is 1. The number of anilines is 1. The van der Waals surface area contributed by atoms with Crippen molar-refractivity contribution < 1.29 is 4.92 Å². The molecule has 0 amide bonds. The molecular formula is C12H11N5O3S. The summed E-state index contributed by atoms with van der Waals surface area (Å²) in [5.74, 6) is 0. The van der Waals surface area contributed by atoms with E-state index in [-0.39, 0.29) is 16.0 Å². The van der Waals surface area contributed by atoms with Gasteiger partial charge in [-0.2, -0.15) is 5.10 Å². The highest BCUT2D eigenvalue weighted by atomic mass is 32.1. The lowest BCUT2D eigenvalue weighted by Crippen LogP contribution is -2.16. The van der Waals surface area contributed by atoms with Gasteiger partial charge in [-0.3, -0.25) is 25.3 Å². The van der Waals surface area contributed by atoms with Crippen LogP contribution < -0.4 is 11.0 Å². The van der Waals surface area contributed by atoms with Crippen LogP contribution in [0.3, 0.4) is 0 Å². The zero-order valence-corrected chi connectivity index (χ0v) is 11.7. The van der Waals surface area contributed by atoms with Crippen LogP contribution in [0.25, 0.3) is 0 Å². The molecule has 2 aromatic rings. The standard InChI is InChI=1S/C12H11N5O3S/c1-7-10(11(18)15-12(21)14-7)6-13-16-8-2-4-9(5-3-8)17(19)20/h2-6,16H,1H3,(H2,14,15,18,21)/b13-6-. The molecule has 1 aromatic heterocycles. The average molecular weight is 305 g/mol. The summed E-state index contributed by atoms with van der Waals surface area (Å²) in [4.78, 5) is 27.0. The van der Waals surface area contributed by atoms with E-state index in [0.29, 0.717) is 16.9 Å². The SMILES string of the molecule is Cc1[nH]c(=S)[nH]c(=O)c1/C=N\Nc1ccc([N+](=O)[O-])cc1. The molecule has 3 N–H and O–H groups in total. The van der Waals surface area contributed by atoms with Crippen molar-refractivity contribution in [1.82, 2.24) is 9.97 Å². The van der Waals surface area contributed by atoms with E-state index in [0.717, 1.165) is 0 Å². The second kappa shape index (κ2) is 6.09. The van der Waals surface area contributed by atoms with Crippen LogP contribution in [-0.2, 0) is 0 Å². The van der Waals surface area contributed by atoms with Crippen LogP contribution in [0.2, 0.25) is 0 Å². The first-order chi connectivity index (χ1) is 9.97. The van der Waals surface area contributed by atoms with Gasteiger partial charge in [0.2, 0.25) is 0 Å². The van der Waals surface area contributed by atoms with Crippen molar-refractivity contribution in [3.8, 4) is 0 Å². The monoisotopic (exact) mass is 305 g/mol. The molecule has 0 aliphatic heterocycles. The minimum atomic E-state index is -0.484. The highest BCUT2D eigenvalue weighted by Crippen LogP contribution is 2.15. The second-order valence-corrected chi connectivity index (χ2v) is 4.53. The Balaban J connectivity index is 2.14. The lowest BCUT2D eigenvalue weighted by atomic mass is 10.2. The number of hydrazone groups is 1. The minimum absolute atomic E-state index is 0.00699. The summed E-state index contributed by atoms with van der Waals surface area (Å²) in [6.45, 7) is 1.71. The van der Waals surface area contributed by atoms with Crippen LogP contribution >= 0.6 is 12.2 Å². The molecule has 0 unspecified atom stereocenters. The molecule has 0 aliphatic carbocycles. The molecule has 0 bridgehead atoms. The number of H-pyrrole nitrogens is 2. The first-order valence-electron chi connectivity index (χ1n) is 5.84. The van der Waals surface area contributed by atoms with Crippen molar-refractivity contribution in [2.45, 2.75) is 6.92 Å². The van der Waals surface area contributed by atoms with Gasteiger partial charge < -0.3 is 4.98 Å². The number of aromatic nitrogens is 2. The Morgan fingerprint density at radius 1 is 1.33 bits per heavy atom. The molecule has 21 heavy (non-hydrogen) atoms. The molecule has 8 nitrogen and oxygen atoms in total. The van der Waals surface area contributed by atoms with Gasteiger partial charge >= 0.3 is 0 Å². The highest BCUT2D eigenvalue weighted by molar-refractivity contribution is 7.71. The third-order valence-electron chi connectivity index (χ3n) is 2.64. The largest absolute Gasteiger partial charge is 0.335 e. The fourth-order valence-corrected chi connectivity index (χ4v) is 1.84. The van der Waals surface area contributed by atoms with Gasteiger partial charge in [0.25, 0.3) is 11.2 Å². The van der Waals surface area contributed by atoms with Gasteiger partial charge in [-0.05, 0) is 31.3 Å². The molecule has 0 aliphatic rings. The Hall–Kier alpha value is -2.81. The summed E-state index contributed by atoms with van der Waals surface area (Å²) in [5, 5.41) is 14.4. The van der Waals surface area contributed by atoms with Gasteiger partial charge in [-0.1, -0.05) is 0 Å². The van der Waals surface area contributed by atoms with E-state index in [9.17, 15) is 14.9 Å². The topological polar surface area (TPSA) is 116 Å². The molecule has 2 rings (SSSR count). The van der Waals surface area contributed by atoms with Crippen LogP contribution in [-0.4, -0.2) is 21.1 Å². The van der Waals surface area contributed by atoms with E-state index in [2.05, 4.69) is 20.5 Å². The number of nitrogens with zero attached hydrogens (tertiary/aromatic N) is 2. The fourth-order valence-electron chi connectivity index (χ4n) is 1.59. The smallest absolute Gasteiger partial charge is 0.269 e. The maximum absolute atomic E-state index is 11.7. The molecule has 0 atom stereocenters. The summed E-state index contributed by atoms with van der Waals surface area (Å²) < 4.78 is 0.248. The van der Waals surface area contributed by atoms with Crippen LogP contribution in [0.5, 0.6) is 0 Å². The summed E-state index contributed by atoms with van der Waals surface area (Å²) in [7, 11) is 0. The maximum Gasteiger partial charge on any atom is 0.269 e. The lowest BCUT2D eigenvalue weighted by Gasteiger charge is -2.01. The zero-order chi connectivity index (χ0) is 15.4. The molecule has 9 heteroatoms. The first kappa shape index (κ1) is 14.6. The van der Waals surface area contributed by atoms with Gasteiger partial charge in [0.15, 0.2) is 4.77 Å². The van der Waals surface area contributed by atoms with Gasteiger partial charge in [0.1, 0.15) is 0 Å². The molecule has 0 spiro atoms. The van der Waals surface area contributed by atoms with Gasteiger partial charge in [0.05, 0.1) is 22.4 Å². The van der Waals surface area contributed by atoms with E-state index < -0.39 is 4.92 Å². The van der Waals surface area contributed by atoms with Crippen LogP contribution in [0.4, 0.5) is 11.4 Å². The third-order valence-corrected chi connectivity index (χ3v) is 2.85. The van der Waals surface area contributed by atoms with Gasteiger partial charge in [-0.25, -0.2) is 0 Å². The van der Waals surface area contributed by atoms with E-state index in [4.69, 9.17) is 12.2 Å². The molecule has 108 valence electrons. The Bertz CT molecular complexity index is 807. The lowest BCUT2D eigenvalue weighted by molar-refractivity contribution is -0.384. The summed E-state index contributed by atoms with van der Waals surface area (Å²) in [5.41, 5.74) is 3.84. The predicted molar refractivity (Wildman–Crippen MR) is 81.3 cm³/mol. The van der Waals surface area contributed by atoms with Crippen LogP contribution in [0, 0.1) is 21.8 Å². The number of non-ortho nitro benzene ring substituents is 1. The van der Waals surface area contributed by atoms with Crippen molar-refractivity contribution in [3.05, 3.63) is 60.8 Å². The zero-order valence-electron chi connectivity index (χ0n) is 10.9. The van der Waals surface area contributed by atoms with Gasteiger partial charge in [0, 0.05) is 17.8 Å². The minimum Gasteiger partial charge on any atom is -0.335 e. The maximum atomic E-state index is 11.7. The normalized spacial score (nSPS) is 10.7. The van der Waals surface area contributed by atoms with Crippen molar-refractivity contribution in [3.63, 3.8) is 0 Å². The number of benzene rings is 1. The van der Waals surface area contributed by atoms with Crippen molar-refractivity contribution in [1.29, 1.82) is 0 Å². The average Bonchev–Trinajstić information content (AvgIpc) is 2.42. The van der Waals surface area contributed by atoms with E-state index in [1.807, 2.05) is 0 Å².